The molecule has 0 aliphatic carbocycles. The Morgan fingerprint density at radius 3 is 2.30 bits per heavy atom. The number of hydrogen-bond acceptors (Lipinski definition) is 1. The maximum atomic E-state index is 6.88. The third-order valence-corrected chi connectivity index (χ3v) is 1.22. The van der Waals surface area contributed by atoms with Crippen molar-refractivity contribution in [3.8, 4) is 0 Å². The van der Waals surface area contributed by atoms with Gasteiger partial charge in [0.15, 0.2) is 0 Å². The molecule has 56 valence electrons. The molecule has 0 saturated heterocycles. The van der Waals surface area contributed by atoms with Crippen molar-refractivity contribution >= 4 is 5.84 Å². The van der Waals surface area contributed by atoms with E-state index >= 15 is 0 Å². The van der Waals surface area contributed by atoms with E-state index in [2.05, 4.69) is 6.58 Å². The van der Waals surface area contributed by atoms with Gasteiger partial charge in [0.25, 0.3) is 0 Å². The highest BCUT2D eigenvalue weighted by Gasteiger charge is 1.93. The van der Waals surface area contributed by atoms with Crippen LogP contribution in [0.5, 0.6) is 0 Å². The summed E-state index contributed by atoms with van der Waals surface area (Å²) < 4.78 is 0. The predicted octanol–water partition coefficient (Wildman–Crippen LogP) is 1.69. The molecule has 0 bridgehead atoms. The molecule has 0 amide bonds. The van der Waals surface area contributed by atoms with Gasteiger partial charge in [0.1, 0.15) is 5.84 Å². The minimum absolute atomic E-state index is 0.0711. The highest BCUT2D eigenvalue weighted by molar-refractivity contribution is 5.88. The molecule has 10 heavy (non-hydrogen) atoms. The molecule has 0 aliphatic heterocycles. The van der Waals surface area contributed by atoms with Gasteiger partial charge in [-0.2, -0.15) is 0 Å². The molecule has 2 nitrogen and oxygen atoms in total. The second kappa shape index (κ2) is 3.88. The largest absolute Gasteiger partial charge is 0.384 e. The van der Waals surface area contributed by atoms with Gasteiger partial charge in [-0.15, -0.1) is 0 Å². The molecule has 0 radical (unpaired) electrons. The quantitative estimate of drug-likeness (QED) is 0.348. The van der Waals surface area contributed by atoms with Crippen LogP contribution in [0.25, 0.3) is 0 Å². The molecule has 2 heteroatoms. The number of hydrogen-bond donors (Lipinski definition) is 2. The number of allylic oxidation sites excluding steroid dienone is 2. The van der Waals surface area contributed by atoms with E-state index in [0.717, 1.165) is 5.57 Å². The van der Waals surface area contributed by atoms with E-state index in [1.807, 2.05) is 13.8 Å². The fourth-order valence-corrected chi connectivity index (χ4v) is 0.389. The van der Waals surface area contributed by atoms with Crippen molar-refractivity contribution < 1.29 is 0 Å². The second-order valence-electron chi connectivity index (χ2n) is 2.52. The Balaban J connectivity index is 3.90. The lowest BCUT2D eigenvalue weighted by molar-refractivity contribution is 0.795. The molecular formula is C8H14N2. The van der Waals surface area contributed by atoms with Crippen molar-refractivity contribution in [1.82, 2.24) is 0 Å². The molecule has 0 aromatic rings. The van der Waals surface area contributed by atoms with Gasteiger partial charge >= 0.3 is 0 Å². The van der Waals surface area contributed by atoms with Crippen molar-refractivity contribution in [2.45, 2.75) is 13.8 Å². The van der Waals surface area contributed by atoms with Crippen molar-refractivity contribution in [3.63, 3.8) is 0 Å². The van der Waals surface area contributed by atoms with Gasteiger partial charge < -0.3 is 5.73 Å². The first-order chi connectivity index (χ1) is 4.54. The Bertz CT molecular complexity index is 166. The Morgan fingerprint density at radius 1 is 1.50 bits per heavy atom. The van der Waals surface area contributed by atoms with E-state index in [1.54, 1.807) is 12.2 Å². The summed E-state index contributed by atoms with van der Waals surface area (Å²) in [6.45, 7) is 7.88. The van der Waals surface area contributed by atoms with Crippen LogP contribution in [0.15, 0.2) is 24.3 Å². The van der Waals surface area contributed by atoms with Crippen LogP contribution in [0.4, 0.5) is 0 Å². The molecule has 3 N–H and O–H groups in total. The van der Waals surface area contributed by atoms with E-state index < -0.39 is 0 Å². The zero-order valence-electron chi connectivity index (χ0n) is 6.52. The van der Waals surface area contributed by atoms with Crippen LogP contribution >= 0.6 is 0 Å². The van der Waals surface area contributed by atoms with Gasteiger partial charge in [-0.3, -0.25) is 5.41 Å². The number of amidine groups is 1. The molecule has 0 aromatic carbocycles. The SMILES string of the molecule is C=C(/C=C\C(=N)N)C(C)C. The van der Waals surface area contributed by atoms with Gasteiger partial charge in [0.05, 0.1) is 0 Å². The van der Waals surface area contributed by atoms with E-state index in [-0.39, 0.29) is 5.84 Å². The number of nitrogens with two attached hydrogens (primary N) is 1. The third-order valence-electron chi connectivity index (χ3n) is 1.22. The first kappa shape index (κ1) is 8.95. The molecule has 0 heterocycles. The maximum Gasteiger partial charge on any atom is 0.115 e. The second-order valence-corrected chi connectivity index (χ2v) is 2.52. The molecule has 0 aromatic heterocycles. The van der Waals surface area contributed by atoms with Gasteiger partial charge in [-0.1, -0.05) is 32.1 Å². The van der Waals surface area contributed by atoms with Crippen LogP contribution in [-0.2, 0) is 0 Å². The summed E-state index contributed by atoms with van der Waals surface area (Å²) in [6, 6.07) is 0. The lowest BCUT2D eigenvalue weighted by atomic mass is 10.1. The van der Waals surface area contributed by atoms with Crippen molar-refractivity contribution in [3.05, 3.63) is 24.3 Å². The lowest BCUT2D eigenvalue weighted by Gasteiger charge is -2.01. The molecule has 0 spiro atoms. The zero-order chi connectivity index (χ0) is 8.15. The molecule has 0 unspecified atom stereocenters. The molecular weight excluding hydrogens is 124 g/mol. The highest BCUT2D eigenvalue weighted by atomic mass is 14.7. The molecule has 0 fully saturated rings. The van der Waals surface area contributed by atoms with Crippen LogP contribution in [0.1, 0.15) is 13.8 Å². The van der Waals surface area contributed by atoms with Crippen molar-refractivity contribution in [1.29, 1.82) is 5.41 Å². The monoisotopic (exact) mass is 138 g/mol. The summed E-state index contributed by atoms with van der Waals surface area (Å²) in [4.78, 5) is 0. The Kier molecular flexibility index (Phi) is 3.47. The van der Waals surface area contributed by atoms with Crippen molar-refractivity contribution in [2.24, 2.45) is 11.7 Å². The zero-order valence-corrected chi connectivity index (χ0v) is 6.52. The van der Waals surface area contributed by atoms with Crippen molar-refractivity contribution in [2.75, 3.05) is 0 Å². The fraction of sp³-hybridized carbons (Fsp3) is 0.375. The first-order valence-electron chi connectivity index (χ1n) is 3.25. The van der Waals surface area contributed by atoms with Crippen LogP contribution in [0, 0.1) is 11.3 Å². The van der Waals surface area contributed by atoms with Gasteiger partial charge in [0, 0.05) is 0 Å². The number of nitrogens with one attached hydrogen (secondary N) is 1. The fourth-order valence-electron chi connectivity index (χ4n) is 0.389. The summed E-state index contributed by atoms with van der Waals surface area (Å²) in [6.07, 6.45) is 3.31. The Morgan fingerprint density at radius 2 is 2.00 bits per heavy atom. The van der Waals surface area contributed by atoms with E-state index in [0.29, 0.717) is 5.92 Å². The van der Waals surface area contributed by atoms with Crippen LogP contribution < -0.4 is 5.73 Å². The molecule has 0 rings (SSSR count). The maximum absolute atomic E-state index is 6.88. The molecule has 0 aliphatic rings. The average molecular weight is 138 g/mol. The van der Waals surface area contributed by atoms with Gasteiger partial charge in [0.2, 0.25) is 0 Å². The lowest BCUT2D eigenvalue weighted by Crippen LogP contribution is -2.04. The average Bonchev–Trinajstić information content (AvgIpc) is 1.82. The molecule has 0 atom stereocenters. The standard InChI is InChI=1S/C8H14N2/c1-6(2)7(3)4-5-8(9)10/h4-6H,3H2,1-2H3,(H3,9,10)/b5-4-. The summed E-state index contributed by atoms with van der Waals surface area (Å²) in [5.41, 5.74) is 6.09. The smallest absolute Gasteiger partial charge is 0.115 e. The highest BCUT2D eigenvalue weighted by Crippen LogP contribution is 2.06. The van der Waals surface area contributed by atoms with Gasteiger partial charge in [-0.05, 0) is 12.0 Å². The van der Waals surface area contributed by atoms with Crippen LogP contribution in [-0.4, -0.2) is 5.84 Å². The van der Waals surface area contributed by atoms with E-state index in [4.69, 9.17) is 11.1 Å². The van der Waals surface area contributed by atoms with Gasteiger partial charge in [-0.25, -0.2) is 0 Å². The van der Waals surface area contributed by atoms with E-state index in [9.17, 15) is 0 Å². The minimum atomic E-state index is 0.0711. The minimum Gasteiger partial charge on any atom is -0.384 e. The summed E-state index contributed by atoms with van der Waals surface area (Å²) in [7, 11) is 0. The summed E-state index contributed by atoms with van der Waals surface area (Å²) in [5, 5.41) is 6.88. The predicted molar refractivity (Wildman–Crippen MR) is 45.0 cm³/mol. The molecule has 0 saturated carbocycles. The van der Waals surface area contributed by atoms with Crippen LogP contribution in [0.2, 0.25) is 0 Å². The Hall–Kier alpha value is -1.05. The van der Waals surface area contributed by atoms with Crippen LogP contribution in [0.3, 0.4) is 0 Å². The first-order valence-corrected chi connectivity index (χ1v) is 3.25. The summed E-state index contributed by atoms with van der Waals surface area (Å²) >= 11 is 0. The summed E-state index contributed by atoms with van der Waals surface area (Å²) in [5.74, 6) is 0.498. The topological polar surface area (TPSA) is 49.9 Å². The normalized spacial score (nSPS) is 10.7. The Labute approximate surface area is 61.9 Å². The van der Waals surface area contributed by atoms with E-state index in [1.165, 1.54) is 0 Å². The number of rotatable bonds is 3. The third kappa shape index (κ3) is 3.89.